The van der Waals surface area contributed by atoms with E-state index in [1.54, 1.807) is 29.7 Å². The van der Waals surface area contributed by atoms with Gasteiger partial charge in [-0.3, -0.25) is 4.79 Å². The lowest BCUT2D eigenvalue weighted by Crippen LogP contribution is -2.25. The van der Waals surface area contributed by atoms with Crippen LogP contribution in [0.4, 0.5) is 0 Å². The van der Waals surface area contributed by atoms with E-state index in [9.17, 15) is 4.79 Å². The molecule has 2 heterocycles. The molecule has 0 spiro atoms. The summed E-state index contributed by atoms with van der Waals surface area (Å²) in [6, 6.07) is 3.32. The number of nitrogens with zero attached hydrogens (tertiary/aromatic N) is 1. The minimum Gasteiger partial charge on any atom is -0.455 e. The molecular formula is C11H11ClN2O2S. The highest BCUT2D eigenvalue weighted by molar-refractivity contribution is 7.09. The zero-order chi connectivity index (χ0) is 12.1. The van der Waals surface area contributed by atoms with Gasteiger partial charge >= 0.3 is 0 Å². The Morgan fingerprint density at radius 1 is 1.53 bits per heavy atom. The number of carbonyl (C=O) groups is 1. The number of hydrogen-bond acceptors (Lipinski definition) is 4. The van der Waals surface area contributed by atoms with E-state index in [2.05, 4.69) is 10.3 Å². The topological polar surface area (TPSA) is 55.1 Å². The smallest absolute Gasteiger partial charge is 0.287 e. The number of aromatic nitrogens is 1. The fraction of sp³-hybridized carbons (Fsp3) is 0.273. The second-order valence-electron chi connectivity index (χ2n) is 3.33. The molecule has 0 fully saturated rings. The number of halogens is 1. The van der Waals surface area contributed by atoms with Gasteiger partial charge < -0.3 is 9.73 Å². The molecule has 2 aromatic rings. The first-order valence-electron chi connectivity index (χ1n) is 5.11. The van der Waals surface area contributed by atoms with Crippen LogP contribution in [0.25, 0.3) is 0 Å². The first-order valence-corrected chi connectivity index (χ1v) is 6.52. The number of carbonyl (C=O) groups excluding carboxylic acids is 1. The zero-order valence-electron chi connectivity index (χ0n) is 8.98. The van der Waals surface area contributed by atoms with Crippen molar-refractivity contribution in [1.82, 2.24) is 10.3 Å². The van der Waals surface area contributed by atoms with Crippen LogP contribution in [0.1, 0.15) is 21.3 Å². The van der Waals surface area contributed by atoms with Crippen molar-refractivity contribution in [3.8, 4) is 0 Å². The van der Waals surface area contributed by atoms with E-state index in [1.807, 2.05) is 5.38 Å². The van der Waals surface area contributed by atoms with Crippen LogP contribution in [0, 0.1) is 0 Å². The van der Waals surface area contributed by atoms with Crippen LogP contribution in [0.5, 0.6) is 0 Å². The van der Waals surface area contributed by atoms with Gasteiger partial charge in [0.25, 0.3) is 5.91 Å². The number of hydrogen-bond donors (Lipinski definition) is 1. The Bertz CT molecular complexity index is 481. The quantitative estimate of drug-likeness (QED) is 0.849. The van der Waals surface area contributed by atoms with Crippen LogP contribution < -0.4 is 5.32 Å². The predicted molar refractivity (Wildman–Crippen MR) is 66.4 cm³/mol. The molecule has 0 atom stereocenters. The summed E-state index contributed by atoms with van der Waals surface area (Å²) in [6.45, 7) is 0.545. The van der Waals surface area contributed by atoms with E-state index >= 15 is 0 Å². The Labute approximate surface area is 108 Å². The van der Waals surface area contributed by atoms with Crippen molar-refractivity contribution in [2.75, 3.05) is 6.54 Å². The van der Waals surface area contributed by atoms with Crippen LogP contribution in [-0.2, 0) is 12.3 Å². The van der Waals surface area contributed by atoms with Gasteiger partial charge in [0.05, 0.1) is 10.9 Å². The molecule has 17 heavy (non-hydrogen) atoms. The summed E-state index contributed by atoms with van der Waals surface area (Å²) in [6.07, 6.45) is 2.48. The van der Waals surface area contributed by atoms with Gasteiger partial charge in [0, 0.05) is 24.5 Å². The van der Waals surface area contributed by atoms with Crippen LogP contribution in [0.15, 0.2) is 28.1 Å². The Kier molecular flexibility index (Phi) is 4.17. The highest BCUT2D eigenvalue weighted by atomic mass is 35.5. The van der Waals surface area contributed by atoms with Crippen molar-refractivity contribution in [1.29, 1.82) is 0 Å². The highest BCUT2D eigenvalue weighted by Gasteiger charge is 2.10. The minimum atomic E-state index is -0.224. The summed E-state index contributed by atoms with van der Waals surface area (Å²) >= 11 is 7.16. The van der Waals surface area contributed by atoms with Gasteiger partial charge in [0.15, 0.2) is 5.76 Å². The van der Waals surface area contributed by atoms with Gasteiger partial charge in [-0.1, -0.05) is 0 Å². The lowest BCUT2D eigenvalue weighted by molar-refractivity contribution is 0.0925. The predicted octanol–water partition coefficient (Wildman–Crippen LogP) is 2.45. The summed E-state index contributed by atoms with van der Waals surface area (Å²) < 4.78 is 5.23. The van der Waals surface area contributed by atoms with Crippen LogP contribution in [0.3, 0.4) is 0 Å². The highest BCUT2D eigenvalue weighted by Crippen LogP contribution is 2.10. The SMILES string of the molecule is O=C(NCCc1nccs1)c1ccc(CCl)o1. The largest absolute Gasteiger partial charge is 0.455 e. The second-order valence-corrected chi connectivity index (χ2v) is 4.58. The van der Waals surface area contributed by atoms with Crippen molar-refractivity contribution in [2.45, 2.75) is 12.3 Å². The molecule has 0 aliphatic carbocycles. The standard InChI is InChI=1S/C11H11ClN2O2S/c12-7-8-1-2-9(16-8)11(15)14-4-3-10-13-5-6-17-10/h1-2,5-6H,3-4,7H2,(H,14,15). The molecule has 0 aliphatic rings. The maximum atomic E-state index is 11.6. The summed E-state index contributed by atoms with van der Waals surface area (Å²) in [5.74, 6) is 0.932. The monoisotopic (exact) mass is 270 g/mol. The molecule has 0 aromatic carbocycles. The van der Waals surface area contributed by atoms with E-state index in [0.29, 0.717) is 18.1 Å². The van der Waals surface area contributed by atoms with Crippen molar-refractivity contribution in [2.24, 2.45) is 0 Å². The summed E-state index contributed by atoms with van der Waals surface area (Å²) in [5, 5.41) is 5.68. The van der Waals surface area contributed by atoms with E-state index in [4.69, 9.17) is 16.0 Å². The van der Waals surface area contributed by atoms with Crippen molar-refractivity contribution in [3.05, 3.63) is 40.2 Å². The van der Waals surface area contributed by atoms with Gasteiger partial charge in [-0.2, -0.15) is 0 Å². The number of furan rings is 1. The molecule has 6 heteroatoms. The average molecular weight is 271 g/mol. The summed E-state index contributed by atoms with van der Waals surface area (Å²) in [5.41, 5.74) is 0. The molecule has 90 valence electrons. The van der Waals surface area contributed by atoms with Crippen molar-refractivity contribution in [3.63, 3.8) is 0 Å². The first-order chi connectivity index (χ1) is 8.29. The van der Waals surface area contributed by atoms with Gasteiger partial charge in [0.1, 0.15) is 5.76 Å². The van der Waals surface area contributed by atoms with Crippen LogP contribution in [0.2, 0.25) is 0 Å². The molecule has 0 aliphatic heterocycles. The van der Waals surface area contributed by atoms with E-state index in [-0.39, 0.29) is 11.8 Å². The molecule has 0 unspecified atom stereocenters. The van der Waals surface area contributed by atoms with E-state index < -0.39 is 0 Å². The molecule has 0 saturated heterocycles. The third-order valence-corrected chi connectivity index (χ3v) is 3.23. The van der Waals surface area contributed by atoms with Crippen molar-refractivity contribution < 1.29 is 9.21 Å². The molecule has 0 bridgehead atoms. The molecule has 2 rings (SSSR count). The fourth-order valence-corrected chi connectivity index (χ4v) is 2.08. The minimum absolute atomic E-state index is 0.224. The van der Waals surface area contributed by atoms with Crippen LogP contribution >= 0.6 is 22.9 Å². The number of amides is 1. The number of rotatable bonds is 5. The van der Waals surface area contributed by atoms with Crippen molar-refractivity contribution >= 4 is 28.8 Å². The van der Waals surface area contributed by atoms with Gasteiger partial charge in [-0.15, -0.1) is 22.9 Å². The number of alkyl halides is 1. The lowest BCUT2D eigenvalue weighted by atomic mass is 10.4. The van der Waals surface area contributed by atoms with Crippen LogP contribution in [-0.4, -0.2) is 17.4 Å². The Morgan fingerprint density at radius 2 is 2.41 bits per heavy atom. The average Bonchev–Trinajstić information content (AvgIpc) is 2.99. The maximum absolute atomic E-state index is 11.6. The lowest BCUT2D eigenvalue weighted by Gasteiger charge is -2.00. The molecule has 2 aromatic heterocycles. The Balaban J connectivity index is 1.81. The molecule has 0 radical (unpaired) electrons. The number of thiazole rings is 1. The van der Waals surface area contributed by atoms with E-state index in [1.165, 1.54) is 0 Å². The molecule has 1 amide bonds. The first kappa shape index (κ1) is 12.1. The fourth-order valence-electron chi connectivity index (χ4n) is 1.32. The molecule has 0 saturated carbocycles. The molecule has 4 nitrogen and oxygen atoms in total. The van der Waals surface area contributed by atoms with Gasteiger partial charge in [0.2, 0.25) is 0 Å². The Hall–Kier alpha value is -1.33. The third kappa shape index (κ3) is 3.31. The second kappa shape index (κ2) is 5.84. The summed E-state index contributed by atoms with van der Waals surface area (Å²) in [4.78, 5) is 15.8. The number of nitrogens with one attached hydrogen (secondary N) is 1. The van der Waals surface area contributed by atoms with Gasteiger partial charge in [-0.05, 0) is 12.1 Å². The normalized spacial score (nSPS) is 10.4. The summed E-state index contributed by atoms with van der Waals surface area (Å²) in [7, 11) is 0. The molecular weight excluding hydrogens is 260 g/mol. The Morgan fingerprint density at radius 3 is 3.06 bits per heavy atom. The zero-order valence-corrected chi connectivity index (χ0v) is 10.6. The van der Waals surface area contributed by atoms with E-state index in [0.717, 1.165) is 11.4 Å². The molecule has 1 N–H and O–H groups in total. The van der Waals surface area contributed by atoms with Gasteiger partial charge in [-0.25, -0.2) is 4.98 Å². The maximum Gasteiger partial charge on any atom is 0.287 e. The third-order valence-electron chi connectivity index (χ3n) is 2.13.